The lowest BCUT2D eigenvalue weighted by molar-refractivity contribution is -0.155. The van der Waals surface area contributed by atoms with Gasteiger partial charge in [0.15, 0.2) is 0 Å². The topological polar surface area (TPSA) is 83.8 Å². The molecule has 5 heteroatoms. The van der Waals surface area contributed by atoms with Gasteiger partial charge in [-0.2, -0.15) is 0 Å². The maximum atomic E-state index is 11.6. The van der Waals surface area contributed by atoms with Crippen molar-refractivity contribution in [2.75, 3.05) is 7.11 Å². The number of hydrogen-bond donors (Lipinski definition) is 2. The number of methoxy groups -OCH3 is 1. The molecule has 2 aliphatic carbocycles. The molecule has 0 aromatic heterocycles. The van der Waals surface area contributed by atoms with E-state index in [1.165, 1.54) is 0 Å². The van der Waals surface area contributed by atoms with Crippen LogP contribution in [-0.2, 0) is 16.0 Å². The van der Waals surface area contributed by atoms with E-state index in [-0.39, 0.29) is 12.3 Å². The van der Waals surface area contributed by atoms with Crippen molar-refractivity contribution >= 4 is 17.5 Å². The summed E-state index contributed by atoms with van der Waals surface area (Å²) in [6.45, 7) is 0. The number of allylic oxidation sites excluding steroid dienone is 2. The van der Waals surface area contributed by atoms with Crippen molar-refractivity contribution < 1.29 is 24.5 Å². The molecule has 0 heterocycles. The van der Waals surface area contributed by atoms with Crippen LogP contribution in [0.5, 0.6) is 5.75 Å². The Kier molecular flexibility index (Phi) is 3.64. The van der Waals surface area contributed by atoms with E-state index < -0.39 is 23.8 Å². The molecule has 1 aromatic rings. The Balaban J connectivity index is 2.04. The Bertz CT molecular complexity index is 661. The van der Waals surface area contributed by atoms with E-state index in [4.69, 9.17) is 4.74 Å². The summed E-state index contributed by atoms with van der Waals surface area (Å²) < 4.78 is 5.23. The summed E-state index contributed by atoms with van der Waals surface area (Å²) in [6.07, 6.45) is 3.58. The molecule has 0 amide bonds. The van der Waals surface area contributed by atoms with Gasteiger partial charge in [0.1, 0.15) is 5.75 Å². The summed E-state index contributed by atoms with van der Waals surface area (Å²) in [5.41, 5.74) is 3.15. The van der Waals surface area contributed by atoms with Crippen LogP contribution >= 0.6 is 0 Å². The van der Waals surface area contributed by atoms with Gasteiger partial charge >= 0.3 is 11.9 Å². The standard InChI is InChI=1S/C17H18O5/c1-22-10-3-5-11-9(8-10)2-4-13-12(11)6-7-14(16(18)19)15(13)17(20)21/h3,5-6,8,13-15H,2,4,7H2,1H3,(H,18,19)(H,20,21)/t13-,14-,15+/m0/s1. The number of benzene rings is 1. The molecule has 0 saturated heterocycles. The molecule has 3 atom stereocenters. The van der Waals surface area contributed by atoms with Crippen LogP contribution in [0.15, 0.2) is 24.3 Å². The Labute approximate surface area is 128 Å². The van der Waals surface area contributed by atoms with Gasteiger partial charge in [0.05, 0.1) is 18.9 Å². The van der Waals surface area contributed by atoms with Gasteiger partial charge in [-0.15, -0.1) is 0 Å². The van der Waals surface area contributed by atoms with Gasteiger partial charge in [0.25, 0.3) is 0 Å². The van der Waals surface area contributed by atoms with Crippen molar-refractivity contribution in [2.24, 2.45) is 17.8 Å². The quantitative estimate of drug-likeness (QED) is 0.896. The van der Waals surface area contributed by atoms with Crippen LogP contribution in [-0.4, -0.2) is 29.3 Å². The SMILES string of the molecule is COc1ccc2c(c1)CC[C@H]1C2=CC[C@H](C(=O)O)[C@@H]1C(=O)O. The molecule has 0 fully saturated rings. The zero-order chi connectivity index (χ0) is 15.9. The minimum atomic E-state index is -1.02. The molecule has 2 N–H and O–H groups in total. The molecule has 0 saturated carbocycles. The van der Waals surface area contributed by atoms with Crippen LogP contribution in [0.3, 0.4) is 0 Å². The fraction of sp³-hybridized carbons (Fsp3) is 0.412. The molecule has 0 bridgehead atoms. The summed E-state index contributed by atoms with van der Waals surface area (Å²) in [5.74, 6) is -3.18. The van der Waals surface area contributed by atoms with E-state index in [2.05, 4.69) is 0 Å². The molecule has 3 rings (SSSR count). The Morgan fingerprint density at radius 2 is 2.00 bits per heavy atom. The number of fused-ring (bicyclic) bond motifs is 3. The van der Waals surface area contributed by atoms with Crippen LogP contribution in [0.25, 0.3) is 5.57 Å². The molecule has 0 unspecified atom stereocenters. The molecular weight excluding hydrogens is 284 g/mol. The third-order valence-electron chi connectivity index (χ3n) is 4.81. The first-order valence-corrected chi connectivity index (χ1v) is 7.36. The van der Waals surface area contributed by atoms with Crippen LogP contribution in [0.1, 0.15) is 24.0 Å². The zero-order valence-electron chi connectivity index (χ0n) is 12.3. The van der Waals surface area contributed by atoms with Crippen molar-refractivity contribution in [1.82, 2.24) is 0 Å². The largest absolute Gasteiger partial charge is 0.497 e. The number of rotatable bonds is 3. The first-order chi connectivity index (χ1) is 10.5. The van der Waals surface area contributed by atoms with Crippen LogP contribution in [0.4, 0.5) is 0 Å². The minimum Gasteiger partial charge on any atom is -0.497 e. The Morgan fingerprint density at radius 1 is 1.23 bits per heavy atom. The van der Waals surface area contributed by atoms with Gasteiger partial charge < -0.3 is 14.9 Å². The third-order valence-corrected chi connectivity index (χ3v) is 4.81. The minimum absolute atomic E-state index is 0.228. The van der Waals surface area contributed by atoms with Gasteiger partial charge in [-0.3, -0.25) is 9.59 Å². The third kappa shape index (κ3) is 2.26. The second-order valence-corrected chi connectivity index (χ2v) is 5.87. The highest BCUT2D eigenvalue weighted by molar-refractivity contribution is 5.86. The van der Waals surface area contributed by atoms with Crippen molar-refractivity contribution in [3.05, 3.63) is 35.4 Å². The van der Waals surface area contributed by atoms with E-state index >= 15 is 0 Å². The van der Waals surface area contributed by atoms with Crippen LogP contribution < -0.4 is 4.74 Å². The monoisotopic (exact) mass is 302 g/mol. The zero-order valence-corrected chi connectivity index (χ0v) is 12.3. The van der Waals surface area contributed by atoms with Crippen molar-refractivity contribution in [3.8, 4) is 5.75 Å². The van der Waals surface area contributed by atoms with Gasteiger partial charge in [0.2, 0.25) is 0 Å². The van der Waals surface area contributed by atoms with Gasteiger partial charge in [0, 0.05) is 0 Å². The highest BCUT2D eigenvalue weighted by Gasteiger charge is 2.44. The van der Waals surface area contributed by atoms with E-state index in [0.29, 0.717) is 6.42 Å². The highest BCUT2D eigenvalue weighted by Crippen LogP contribution is 2.47. The number of aliphatic carboxylic acids is 2. The fourth-order valence-electron chi connectivity index (χ4n) is 3.77. The predicted molar refractivity (Wildman–Crippen MR) is 79.7 cm³/mol. The summed E-state index contributed by atoms with van der Waals surface area (Å²) in [6, 6.07) is 5.79. The Hall–Kier alpha value is -2.30. The lowest BCUT2D eigenvalue weighted by Gasteiger charge is -2.38. The smallest absolute Gasteiger partial charge is 0.308 e. The summed E-state index contributed by atoms with van der Waals surface area (Å²) in [7, 11) is 1.62. The number of ether oxygens (including phenoxy) is 1. The van der Waals surface area contributed by atoms with Crippen molar-refractivity contribution in [3.63, 3.8) is 0 Å². The number of hydrogen-bond acceptors (Lipinski definition) is 3. The lowest BCUT2D eigenvalue weighted by Crippen LogP contribution is -2.39. The Morgan fingerprint density at radius 3 is 2.64 bits per heavy atom. The average Bonchev–Trinajstić information content (AvgIpc) is 2.52. The first-order valence-electron chi connectivity index (χ1n) is 7.36. The van der Waals surface area contributed by atoms with Crippen LogP contribution in [0.2, 0.25) is 0 Å². The second kappa shape index (κ2) is 5.48. The van der Waals surface area contributed by atoms with E-state index in [0.717, 1.165) is 28.9 Å². The molecule has 0 spiro atoms. The van der Waals surface area contributed by atoms with E-state index in [9.17, 15) is 19.8 Å². The number of carbonyl (C=O) groups is 2. The molecule has 116 valence electrons. The van der Waals surface area contributed by atoms with Crippen molar-refractivity contribution in [1.29, 1.82) is 0 Å². The molecule has 1 aromatic carbocycles. The van der Waals surface area contributed by atoms with Gasteiger partial charge in [-0.1, -0.05) is 12.1 Å². The fourth-order valence-corrected chi connectivity index (χ4v) is 3.77. The lowest BCUT2D eigenvalue weighted by atomic mass is 9.65. The van der Waals surface area contributed by atoms with E-state index in [1.54, 1.807) is 7.11 Å². The first kappa shape index (κ1) is 14.6. The molecule has 22 heavy (non-hydrogen) atoms. The normalized spacial score (nSPS) is 26.4. The molecule has 5 nitrogen and oxygen atoms in total. The molecule has 0 radical (unpaired) electrons. The summed E-state index contributed by atoms with van der Waals surface area (Å²) in [4.78, 5) is 23.0. The number of carboxylic acids is 2. The van der Waals surface area contributed by atoms with Gasteiger partial charge in [-0.25, -0.2) is 0 Å². The predicted octanol–water partition coefficient (Wildman–Crippen LogP) is 2.45. The second-order valence-electron chi connectivity index (χ2n) is 5.87. The molecule has 2 aliphatic rings. The summed E-state index contributed by atoms with van der Waals surface area (Å²) >= 11 is 0. The maximum absolute atomic E-state index is 11.6. The average molecular weight is 302 g/mol. The van der Waals surface area contributed by atoms with Crippen LogP contribution in [0, 0.1) is 17.8 Å². The van der Waals surface area contributed by atoms with Crippen molar-refractivity contribution in [2.45, 2.75) is 19.3 Å². The molecular formula is C17H18O5. The highest BCUT2D eigenvalue weighted by atomic mass is 16.5. The van der Waals surface area contributed by atoms with E-state index in [1.807, 2.05) is 24.3 Å². The maximum Gasteiger partial charge on any atom is 0.308 e. The molecule has 0 aliphatic heterocycles. The number of aryl methyl sites for hydroxylation is 1. The van der Waals surface area contributed by atoms with Gasteiger partial charge in [-0.05, 0) is 54.0 Å². The number of carboxylic acid groups (broad SMARTS) is 2. The summed E-state index contributed by atoms with van der Waals surface area (Å²) in [5, 5.41) is 18.8.